The van der Waals surface area contributed by atoms with Crippen molar-refractivity contribution in [3.05, 3.63) is 54.8 Å². The lowest BCUT2D eigenvalue weighted by atomic mass is 9.92. The summed E-state index contributed by atoms with van der Waals surface area (Å²) in [6, 6.07) is 3.91. The van der Waals surface area contributed by atoms with Crippen LogP contribution in [0.15, 0.2) is 49.2 Å². The summed E-state index contributed by atoms with van der Waals surface area (Å²) >= 11 is 0. The molecule has 1 saturated carbocycles. The molecule has 2 heterocycles. The van der Waals surface area contributed by atoms with Crippen LogP contribution < -0.4 is 0 Å². The first-order valence-electron chi connectivity index (χ1n) is 9.05. The van der Waals surface area contributed by atoms with Gasteiger partial charge in [-0.3, -0.25) is 9.36 Å². The molecule has 0 saturated heterocycles. The van der Waals surface area contributed by atoms with Crippen LogP contribution in [-0.4, -0.2) is 37.9 Å². The monoisotopic (exact) mass is 336 g/mol. The van der Waals surface area contributed by atoms with Crippen molar-refractivity contribution in [2.75, 3.05) is 6.54 Å². The van der Waals surface area contributed by atoms with Gasteiger partial charge in [0.05, 0.1) is 5.56 Å². The van der Waals surface area contributed by atoms with Gasteiger partial charge >= 0.3 is 0 Å². The number of pyridine rings is 1. The molecule has 2 aliphatic carbocycles. The molecule has 0 radical (unpaired) electrons. The largest absolute Gasteiger partial charge is 0.336 e. The number of amides is 1. The molecule has 2 aliphatic rings. The van der Waals surface area contributed by atoms with Gasteiger partial charge in [-0.25, -0.2) is 9.97 Å². The van der Waals surface area contributed by atoms with Crippen LogP contribution in [0, 0.1) is 17.8 Å². The van der Waals surface area contributed by atoms with Crippen LogP contribution in [0.4, 0.5) is 0 Å². The number of carbonyl (C=O) groups is 1. The zero-order chi connectivity index (χ0) is 17.4. The van der Waals surface area contributed by atoms with E-state index in [0.717, 1.165) is 18.3 Å². The van der Waals surface area contributed by atoms with E-state index in [0.29, 0.717) is 17.4 Å². The lowest BCUT2D eigenvalue weighted by molar-refractivity contribution is 0.0661. The minimum Gasteiger partial charge on any atom is -0.336 e. The minimum absolute atomic E-state index is 0.0754. The third kappa shape index (κ3) is 3.11. The third-order valence-corrected chi connectivity index (χ3v) is 5.50. The highest BCUT2D eigenvalue weighted by atomic mass is 16.2. The topological polar surface area (TPSA) is 51.0 Å². The molecular formula is C20H24N4O. The molecule has 2 aromatic rings. The Balaban J connectivity index is 1.49. The van der Waals surface area contributed by atoms with Gasteiger partial charge in [0.15, 0.2) is 0 Å². The minimum atomic E-state index is 0.0754. The highest BCUT2D eigenvalue weighted by molar-refractivity contribution is 5.94. The molecule has 5 nitrogen and oxygen atoms in total. The molecule has 130 valence electrons. The SMILES string of the molecule is CC(C)N(C[C@H]1C[C@H]2C=C[C@H]1C2)C(=O)c1ccc(-n2ccnc2)nc1. The van der Waals surface area contributed by atoms with Gasteiger partial charge in [-0.05, 0) is 56.6 Å². The number of allylic oxidation sites excluding steroid dienone is 2. The fraction of sp³-hybridized carbons (Fsp3) is 0.450. The molecular weight excluding hydrogens is 312 g/mol. The zero-order valence-corrected chi connectivity index (χ0v) is 14.7. The number of hydrogen-bond acceptors (Lipinski definition) is 3. The van der Waals surface area contributed by atoms with E-state index in [1.54, 1.807) is 18.7 Å². The van der Waals surface area contributed by atoms with E-state index in [-0.39, 0.29) is 11.9 Å². The summed E-state index contributed by atoms with van der Waals surface area (Å²) in [7, 11) is 0. The molecule has 0 spiro atoms. The lowest BCUT2D eigenvalue weighted by Crippen LogP contribution is -2.41. The number of imidazole rings is 1. The van der Waals surface area contributed by atoms with E-state index in [2.05, 4.69) is 36.0 Å². The highest BCUT2D eigenvalue weighted by Crippen LogP contribution is 2.43. The molecule has 5 heteroatoms. The Morgan fingerprint density at radius 3 is 2.76 bits per heavy atom. The number of nitrogens with zero attached hydrogens (tertiary/aromatic N) is 4. The predicted octanol–water partition coefficient (Wildman–Crippen LogP) is 3.33. The summed E-state index contributed by atoms with van der Waals surface area (Å²) in [4.78, 5) is 23.5. The van der Waals surface area contributed by atoms with Crippen molar-refractivity contribution < 1.29 is 4.79 Å². The van der Waals surface area contributed by atoms with Crippen molar-refractivity contribution in [1.82, 2.24) is 19.4 Å². The van der Waals surface area contributed by atoms with E-state index in [1.807, 2.05) is 27.8 Å². The number of carbonyl (C=O) groups excluding carboxylic acids is 1. The van der Waals surface area contributed by atoms with E-state index < -0.39 is 0 Å². The molecule has 1 fully saturated rings. The molecule has 3 atom stereocenters. The molecule has 0 N–H and O–H groups in total. The first-order chi connectivity index (χ1) is 12.1. The predicted molar refractivity (Wildman–Crippen MR) is 96.4 cm³/mol. The summed E-state index contributed by atoms with van der Waals surface area (Å²) in [5, 5.41) is 0. The van der Waals surface area contributed by atoms with Crippen LogP contribution in [-0.2, 0) is 0 Å². The van der Waals surface area contributed by atoms with E-state index in [4.69, 9.17) is 0 Å². The Bertz CT molecular complexity index is 764. The second kappa shape index (κ2) is 6.47. The van der Waals surface area contributed by atoms with Crippen molar-refractivity contribution in [3.63, 3.8) is 0 Å². The van der Waals surface area contributed by atoms with E-state index in [1.165, 1.54) is 12.8 Å². The van der Waals surface area contributed by atoms with Crippen LogP contribution in [0.3, 0.4) is 0 Å². The van der Waals surface area contributed by atoms with Crippen LogP contribution >= 0.6 is 0 Å². The number of rotatable bonds is 5. The average Bonchev–Trinajstić information content (AvgIpc) is 3.36. The first-order valence-corrected chi connectivity index (χ1v) is 9.05. The van der Waals surface area contributed by atoms with Gasteiger partial charge < -0.3 is 4.90 Å². The Kier molecular flexibility index (Phi) is 4.15. The van der Waals surface area contributed by atoms with Crippen molar-refractivity contribution >= 4 is 5.91 Å². The van der Waals surface area contributed by atoms with Crippen LogP contribution in [0.1, 0.15) is 37.0 Å². The second-order valence-electron chi connectivity index (χ2n) is 7.47. The van der Waals surface area contributed by atoms with Crippen LogP contribution in [0.5, 0.6) is 0 Å². The fourth-order valence-corrected chi connectivity index (χ4v) is 4.11. The Hall–Kier alpha value is -2.43. The van der Waals surface area contributed by atoms with Crippen molar-refractivity contribution in [3.8, 4) is 5.82 Å². The molecule has 25 heavy (non-hydrogen) atoms. The van der Waals surface area contributed by atoms with Gasteiger partial charge in [0.25, 0.3) is 5.91 Å². The smallest absolute Gasteiger partial charge is 0.255 e. The maximum Gasteiger partial charge on any atom is 0.255 e. The molecule has 4 rings (SSSR count). The molecule has 2 aromatic heterocycles. The summed E-state index contributed by atoms with van der Waals surface area (Å²) in [5.74, 6) is 2.82. The summed E-state index contributed by atoms with van der Waals surface area (Å²) < 4.78 is 1.83. The summed E-state index contributed by atoms with van der Waals surface area (Å²) in [6.45, 7) is 5.02. The van der Waals surface area contributed by atoms with Crippen molar-refractivity contribution in [2.24, 2.45) is 17.8 Å². The summed E-state index contributed by atoms with van der Waals surface area (Å²) in [6.07, 6.45) is 14.1. The number of aromatic nitrogens is 3. The Morgan fingerprint density at radius 1 is 1.32 bits per heavy atom. The maximum absolute atomic E-state index is 13.0. The molecule has 0 aromatic carbocycles. The van der Waals surface area contributed by atoms with Crippen LogP contribution in [0.2, 0.25) is 0 Å². The average molecular weight is 336 g/mol. The molecule has 0 aliphatic heterocycles. The van der Waals surface area contributed by atoms with E-state index >= 15 is 0 Å². The third-order valence-electron chi connectivity index (χ3n) is 5.50. The Labute approximate surface area is 148 Å². The quantitative estimate of drug-likeness (QED) is 0.787. The number of hydrogen-bond donors (Lipinski definition) is 0. The maximum atomic E-state index is 13.0. The van der Waals surface area contributed by atoms with Gasteiger partial charge in [-0.15, -0.1) is 0 Å². The second-order valence-corrected chi connectivity index (χ2v) is 7.47. The van der Waals surface area contributed by atoms with Crippen molar-refractivity contribution in [1.29, 1.82) is 0 Å². The molecule has 2 bridgehead atoms. The van der Waals surface area contributed by atoms with Crippen LogP contribution in [0.25, 0.3) is 5.82 Å². The summed E-state index contributed by atoms with van der Waals surface area (Å²) in [5.41, 5.74) is 0.649. The Morgan fingerprint density at radius 2 is 2.20 bits per heavy atom. The number of fused-ring (bicyclic) bond motifs is 2. The van der Waals surface area contributed by atoms with Gasteiger partial charge in [-0.1, -0.05) is 12.2 Å². The first kappa shape index (κ1) is 16.1. The molecule has 0 unspecified atom stereocenters. The van der Waals surface area contributed by atoms with Gasteiger partial charge in [0.1, 0.15) is 12.1 Å². The van der Waals surface area contributed by atoms with Gasteiger partial charge in [0, 0.05) is 31.2 Å². The molecule has 1 amide bonds. The lowest BCUT2D eigenvalue weighted by Gasteiger charge is -2.31. The highest BCUT2D eigenvalue weighted by Gasteiger charge is 2.37. The standard InChI is InChI=1S/C20H24N4O/c1-14(2)24(12-18-10-15-3-4-16(18)9-15)20(25)17-5-6-19(22-11-17)23-8-7-21-13-23/h3-8,11,13-16,18H,9-10,12H2,1-2H3/t15-,16-,18+/m0/s1. The van der Waals surface area contributed by atoms with Gasteiger partial charge in [-0.2, -0.15) is 0 Å². The fourth-order valence-electron chi connectivity index (χ4n) is 4.11. The normalized spacial score (nSPS) is 24.2. The zero-order valence-electron chi connectivity index (χ0n) is 14.7. The van der Waals surface area contributed by atoms with Crippen molar-refractivity contribution in [2.45, 2.75) is 32.7 Å². The van der Waals surface area contributed by atoms with Gasteiger partial charge in [0.2, 0.25) is 0 Å². The van der Waals surface area contributed by atoms with E-state index in [9.17, 15) is 4.79 Å².